The molecule has 0 aliphatic heterocycles. The molecule has 0 aromatic rings. The molecule has 0 nitrogen and oxygen atoms in total. The monoisotopic (exact) mass is 253 g/mol. The van der Waals surface area contributed by atoms with Crippen molar-refractivity contribution in [1.82, 2.24) is 0 Å². The Balaban J connectivity index is 1.78. The molecular formula is C19H25. The molecule has 0 amide bonds. The Morgan fingerprint density at radius 1 is 1.05 bits per heavy atom. The Morgan fingerprint density at radius 2 is 1.84 bits per heavy atom. The maximum atomic E-state index is 2.43. The molecule has 2 saturated carbocycles. The zero-order chi connectivity index (χ0) is 13.4. The first-order chi connectivity index (χ1) is 9.16. The van der Waals surface area contributed by atoms with Crippen LogP contribution in [0.25, 0.3) is 0 Å². The van der Waals surface area contributed by atoms with Crippen molar-refractivity contribution in [2.75, 3.05) is 0 Å². The molecule has 0 bridgehead atoms. The zero-order valence-corrected chi connectivity index (χ0v) is 12.4. The van der Waals surface area contributed by atoms with Gasteiger partial charge in [-0.3, -0.25) is 0 Å². The van der Waals surface area contributed by atoms with Crippen molar-refractivity contribution in [3.8, 4) is 0 Å². The van der Waals surface area contributed by atoms with Crippen molar-refractivity contribution in [3.05, 3.63) is 54.9 Å². The number of fused-ring (bicyclic) bond motifs is 1. The van der Waals surface area contributed by atoms with E-state index in [2.05, 4.69) is 57.9 Å². The molecule has 2 fully saturated rings. The molecule has 3 aliphatic carbocycles. The Kier molecular flexibility index (Phi) is 3.87. The standard InChI is InChI=1S/C19H25/c1-13(2)16-10-8-14(3)12-19(16)18-11-9-15-6-4-5-7-17(15)18/h4-7,9,11,13-14,16,19H,8,10,12H2,1-3H3/t14-,16+,19?/m1/s1. The van der Waals surface area contributed by atoms with Crippen LogP contribution in [0.5, 0.6) is 0 Å². The molecule has 0 aromatic carbocycles. The van der Waals surface area contributed by atoms with Gasteiger partial charge in [0.25, 0.3) is 0 Å². The van der Waals surface area contributed by atoms with Crippen LogP contribution in [0, 0.1) is 54.3 Å². The van der Waals surface area contributed by atoms with Gasteiger partial charge in [0, 0.05) is 11.8 Å². The maximum absolute atomic E-state index is 2.43. The van der Waals surface area contributed by atoms with Crippen molar-refractivity contribution < 1.29 is 0 Å². The fraction of sp³-hybridized carbons (Fsp3) is 0.526. The molecule has 0 spiro atoms. The van der Waals surface area contributed by atoms with E-state index in [1.54, 1.807) is 5.92 Å². The molecule has 1 unspecified atom stereocenters. The molecule has 19 heavy (non-hydrogen) atoms. The summed E-state index contributed by atoms with van der Waals surface area (Å²) in [6, 6.07) is 0. The van der Waals surface area contributed by atoms with E-state index in [-0.39, 0.29) is 0 Å². The molecule has 101 valence electrons. The van der Waals surface area contributed by atoms with Crippen molar-refractivity contribution in [3.63, 3.8) is 0 Å². The van der Waals surface area contributed by atoms with Gasteiger partial charge in [0.15, 0.2) is 0 Å². The van der Waals surface area contributed by atoms with Crippen LogP contribution in [0.3, 0.4) is 0 Å². The van der Waals surface area contributed by atoms with Crippen molar-refractivity contribution in [1.29, 1.82) is 0 Å². The molecule has 0 heterocycles. The van der Waals surface area contributed by atoms with E-state index in [9.17, 15) is 0 Å². The second-order valence-corrected chi connectivity index (χ2v) is 6.81. The highest BCUT2D eigenvalue weighted by Crippen LogP contribution is 2.54. The number of rotatable bonds is 2. The summed E-state index contributed by atoms with van der Waals surface area (Å²) in [6.07, 6.45) is 17.8. The summed E-state index contributed by atoms with van der Waals surface area (Å²) in [7, 11) is 0. The topological polar surface area (TPSA) is 0 Å². The zero-order valence-electron chi connectivity index (χ0n) is 12.4. The number of allylic oxidation sites excluding steroid dienone is 4. The van der Waals surface area contributed by atoms with Gasteiger partial charge in [-0.05, 0) is 55.3 Å². The minimum absolute atomic E-state index is 0.767. The van der Waals surface area contributed by atoms with Gasteiger partial charge in [0.05, 0.1) is 0 Å². The first kappa shape index (κ1) is 13.5. The van der Waals surface area contributed by atoms with Crippen molar-refractivity contribution in [2.45, 2.75) is 40.0 Å². The van der Waals surface area contributed by atoms with Crippen LogP contribution in [0.1, 0.15) is 40.0 Å². The van der Waals surface area contributed by atoms with Gasteiger partial charge >= 0.3 is 0 Å². The summed E-state index contributed by atoms with van der Waals surface area (Å²) in [5, 5.41) is 0. The lowest BCUT2D eigenvalue weighted by molar-refractivity contribution is 0.158. The highest BCUT2D eigenvalue weighted by atomic mass is 14.5. The Morgan fingerprint density at radius 3 is 2.63 bits per heavy atom. The molecule has 3 aliphatic rings. The smallest absolute Gasteiger partial charge is 0.0161 e. The average Bonchev–Trinajstić information content (AvgIpc) is 2.82. The third-order valence-electron chi connectivity index (χ3n) is 5.14. The van der Waals surface area contributed by atoms with Crippen molar-refractivity contribution in [2.24, 2.45) is 23.7 Å². The lowest BCUT2D eigenvalue weighted by Gasteiger charge is -2.42. The predicted molar refractivity (Wildman–Crippen MR) is 81.4 cm³/mol. The summed E-state index contributed by atoms with van der Waals surface area (Å²) in [6.45, 7) is 7.23. The Hall–Kier alpha value is -0.520. The molecule has 0 saturated heterocycles. The third kappa shape index (κ3) is 2.56. The highest BCUT2D eigenvalue weighted by molar-refractivity contribution is 5.62. The molecule has 3 rings (SSSR count). The quantitative estimate of drug-likeness (QED) is 0.652. The van der Waals surface area contributed by atoms with Crippen LogP contribution in [-0.2, 0) is 0 Å². The predicted octanol–water partition coefficient (Wildman–Crippen LogP) is 4.97. The molecule has 5 radical (unpaired) electrons. The Bertz CT molecular complexity index is 362. The Labute approximate surface area is 119 Å². The molecular weight excluding hydrogens is 228 g/mol. The fourth-order valence-electron chi connectivity index (χ4n) is 4.06. The molecule has 0 aromatic heterocycles. The van der Waals surface area contributed by atoms with E-state index >= 15 is 0 Å². The second kappa shape index (κ2) is 5.46. The minimum atomic E-state index is 0.767. The largest absolute Gasteiger partial charge is 0.0762 e. The lowest BCUT2D eigenvalue weighted by atomic mass is 9.63. The molecule has 3 atom stereocenters. The second-order valence-electron chi connectivity index (χ2n) is 6.81. The van der Waals surface area contributed by atoms with E-state index < -0.39 is 0 Å². The van der Waals surface area contributed by atoms with Crippen LogP contribution in [-0.4, -0.2) is 0 Å². The van der Waals surface area contributed by atoms with Gasteiger partial charge in [-0.15, -0.1) is 0 Å². The van der Waals surface area contributed by atoms with Gasteiger partial charge in [-0.2, -0.15) is 0 Å². The number of hydrogen-bond donors (Lipinski definition) is 0. The van der Waals surface area contributed by atoms with Gasteiger partial charge in [-0.1, -0.05) is 51.5 Å². The summed E-state index contributed by atoms with van der Waals surface area (Å²) in [5.41, 5.74) is 0. The van der Waals surface area contributed by atoms with Crippen molar-refractivity contribution >= 4 is 0 Å². The summed E-state index contributed by atoms with van der Waals surface area (Å²) >= 11 is 0. The van der Waals surface area contributed by atoms with Crippen LogP contribution < -0.4 is 0 Å². The SMILES string of the molecule is CC(C)[C@@H]1CC[C@@H](C)CC1[C]1[CH][CH][C]2C=CC=C[C]21. The average molecular weight is 253 g/mol. The van der Waals surface area contributed by atoms with Gasteiger partial charge in [0.1, 0.15) is 0 Å². The van der Waals surface area contributed by atoms with Crippen LogP contribution in [0.15, 0.2) is 24.3 Å². The fourth-order valence-corrected chi connectivity index (χ4v) is 4.06. The lowest BCUT2D eigenvalue weighted by Crippen LogP contribution is -2.33. The minimum Gasteiger partial charge on any atom is -0.0762 e. The van der Waals surface area contributed by atoms with E-state index in [4.69, 9.17) is 0 Å². The van der Waals surface area contributed by atoms with Crippen LogP contribution in [0.4, 0.5) is 0 Å². The molecule has 0 N–H and O–H groups in total. The van der Waals surface area contributed by atoms with Gasteiger partial charge < -0.3 is 0 Å². The summed E-state index contributed by atoms with van der Waals surface area (Å²) in [5.74, 6) is 7.83. The van der Waals surface area contributed by atoms with E-state index in [0.717, 1.165) is 23.7 Å². The molecule has 0 heteroatoms. The highest BCUT2D eigenvalue weighted by Gasteiger charge is 2.44. The van der Waals surface area contributed by atoms with E-state index in [0.29, 0.717) is 0 Å². The van der Waals surface area contributed by atoms with Gasteiger partial charge in [0.2, 0.25) is 0 Å². The van der Waals surface area contributed by atoms with Gasteiger partial charge in [-0.25, -0.2) is 0 Å². The third-order valence-corrected chi connectivity index (χ3v) is 5.14. The first-order valence-electron chi connectivity index (χ1n) is 7.81. The van der Waals surface area contributed by atoms with Crippen LogP contribution in [0.2, 0.25) is 0 Å². The maximum Gasteiger partial charge on any atom is 0.0161 e. The summed E-state index contributed by atoms with van der Waals surface area (Å²) < 4.78 is 0. The van der Waals surface area contributed by atoms with E-state index in [1.807, 2.05) is 0 Å². The normalized spacial score (nSPS) is 37.2. The first-order valence-corrected chi connectivity index (χ1v) is 7.81. The summed E-state index contributed by atoms with van der Waals surface area (Å²) in [4.78, 5) is 0. The number of hydrogen-bond acceptors (Lipinski definition) is 0. The van der Waals surface area contributed by atoms with E-state index in [1.165, 1.54) is 31.1 Å². The van der Waals surface area contributed by atoms with Crippen LogP contribution >= 0.6 is 0 Å².